The van der Waals surface area contributed by atoms with Gasteiger partial charge in [0.05, 0.1) is 23.3 Å². The summed E-state index contributed by atoms with van der Waals surface area (Å²) in [5.74, 6) is 1.64. The molecule has 29 heavy (non-hydrogen) atoms. The van der Waals surface area contributed by atoms with E-state index in [4.69, 9.17) is 4.98 Å². The van der Waals surface area contributed by atoms with Crippen molar-refractivity contribution in [3.05, 3.63) is 40.7 Å². The number of rotatable bonds is 5. The fourth-order valence-corrected chi connectivity index (χ4v) is 5.67. The van der Waals surface area contributed by atoms with Crippen LogP contribution in [0.3, 0.4) is 0 Å². The Morgan fingerprint density at radius 1 is 1.21 bits per heavy atom. The van der Waals surface area contributed by atoms with E-state index in [1.165, 1.54) is 29.8 Å². The van der Waals surface area contributed by atoms with Gasteiger partial charge >= 0.3 is 0 Å². The van der Waals surface area contributed by atoms with E-state index in [1.54, 1.807) is 11.3 Å². The highest BCUT2D eigenvalue weighted by atomic mass is 32.1. The molecule has 3 heterocycles. The molecule has 5 rings (SSSR count). The molecule has 1 amide bonds. The number of fused-ring (bicyclic) bond motifs is 2. The summed E-state index contributed by atoms with van der Waals surface area (Å²) in [6.07, 6.45) is 7.87. The smallest absolute Gasteiger partial charge is 0.240 e. The number of imidazole rings is 1. The number of H-pyrrole nitrogens is 1. The predicted molar refractivity (Wildman–Crippen MR) is 116 cm³/mol. The minimum Gasteiger partial charge on any atom is -0.342 e. The number of likely N-dealkylation sites (tertiary alicyclic amines) is 1. The molecule has 0 spiro atoms. The standard InChI is InChI=1S/C22H27N5OS/c28-21(26-22-25-18-9-3-4-10-19(18)29-22)14-27-11-5-6-15(13-27)12-20-23-16-7-1-2-8-17(16)24-20/h1-2,7-8,15H,3-6,9-14H2,(H,23,24)(H,25,26,28)/t15-/m0/s1. The molecule has 0 radical (unpaired) electrons. The zero-order valence-corrected chi connectivity index (χ0v) is 17.4. The molecule has 2 N–H and O–H groups in total. The lowest BCUT2D eigenvalue weighted by Gasteiger charge is -2.31. The largest absolute Gasteiger partial charge is 0.342 e. The summed E-state index contributed by atoms with van der Waals surface area (Å²) in [6, 6.07) is 8.17. The molecular formula is C22H27N5OS. The van der Waals surface area contributed by atoms with E-state index >= 15 is 0 Å². The van der Waals surface area contributed by atoms with Gasteiger partial charge in [0.15, 0.2) is 5.13 Å². The van der Waals surface area contributed by atoms with Crippen LogP contribution in [0.15, 0.2) is 24.3 Å². The van der Waals surface area contributed by atoms with Crippen LogP contribution in [0, 0.1) is 5.92 Å². The number of piperidine rings is 1. The summed E-state index contributed by atoms with van der Waals surface area (Å²) in [5, 5.41) is 3.81. The quantitative estimate of drug-likeness (QED) is 0.672. The summed E-state index contributed by atoms with van der Waals surface area (Å²) in [4.78, 5) is 29.0. The number of aromatic nitrogens is 3. The number of hydrogen-bond acceptors (Lipinski definition) is 5. The second kappa shape index (κ2) is 8.24. The van der Waals surface area contributed by atoms with Gasteiger partial charge in [-0.15, -0.1) is 11.3 Å². The van der Waals surface area contributed by atoms with Crippen LogP contribution in [0.2, 0.25) is 0 Å². The fraction of sp³-hybridized carbons (Fsp3) is 0.500. The van der Waals surface area contributed by atoms with E-state index in [0.29, 0.717) is 12.5 Å². The zero-order chi connectivity index (χ0) is 19.6. The molecule has 152 valence electrons. The van der Waals surface area contributed by atoms with Crippen LogP contribution in [0.25, 0.3) is 11.0 Å². The second-order valence-corrected chi connectivity index (χ2v) is 9.38. The van der Waals surface area contributed by atoms with E-state index in [0.717, 1.165) is 60.8 Å². The van der Waals surface area contributed by atoms with Gasteiger partial charge in [-0.05, 0) is 63.1 Å². The third-order valence-corrected chi connectivity index (χ3v) is 7.06. The molecule has 1 aliphatic heterocycles. The number of benzene rings is 1. The van der Waals surface area contributed by atoms with Crippen LogP contribution < -0.4 is 5.32 Å². The fourth-order valence-electron chi connectivity index (χ4n) is 4.60. The Labute approximate surface area is 174 Å². The summed E-state index contributed by atoms with van der Waals surface area (Å²) < 4.78 is 0. The van der Waals surface area contributed by atoms with Crippen molar-refractivity contribution in [2.75, 3.05) is 25.0 Å². The molecule has 1 atom stereocenters. The first-order valence-corrected chi connectivity index (χ1v) is 11.5. The number of thiazole rings is 1. The van der Waals surface area contributed by atoms with Crippen molar-refractivity contribution in [1.82, 2.24) is 19.9 Å². The summed E-state index contributed by atoms with van der Waals surface area (Å²) >= 11 is 1.66. The Morgan fingerprint density at radius 3 is 3.00 bits per heavy atom. The average molecular weight is 410 g/mol. The lowest BCUT2D eigenvalue weighted by atomic mass is 9.94. The third-order valence-electron chi connectivity index (χ3n) is 5.98. The third kappa shape index (κ3) is 4.36. The van der Waals surface area contributed by atoms with Crippen LogP contribution in [-0.4, -0.2) is 45.4 Å². The lowest BCUT2D eigenvalue weighted by Crippen LogP contribution is -2.41. The second-order valence-electron chi connectivity index (χ2n) is 8.29. The van der Waals surface area contributed by atoms with Crippen molar-refractivity contribution in [2.24, 2.45) is 5.92 Å². The molecule has 2 aliphatic rings. The van der Waals surface area contributed by atoms with Crippen molar-refractivity contribution >= 4 is 33.4 Å². The number of nitrogens with one attached hydrogen (secondary N) is 2. The summed E-state index contributed by atoms with van der Waals surface area (Å²) in [6.45, 7) is 2.37. The van der Waals surface area contributed by atoms with Gasteiger partial charge in [-0.3, -0.25) is 9.69 Å². The highest BCUT2D eigenvalue weighted by molar-refractivity contribution is 7.15. The van der Waals surface area contributed by atoms with Gasteiger partial charge in [-0.2, -0.15) is 0 Å². The Kier molecular flexibility index (Phi) is 5.33. The SMILES string of the molecule is O=C(CN1CCC[C@@H](Cc2nc3ccccc3[nH]2)C1)Nc1nc2c(s1)CCCC2. The first kappa shape index (κ1) is 18.8. The average Bonchev–Trinajstić information content (AvgIpc) is 3.30. The Bertz CT molecular complexity index is 953. The molecule has 1 saturated heterocycles. The first-order valence-electron chi connectivity index (χ1n) is 10.7. The molecule has 1 aliphatic carbocycles. The number of amides is 1. The number of carbonyl (C=O) groups excluding carboxylic acids is 1. The number of hydrogen-bond donors (Lipinski definition) is 2. The first-order chi connectivity index (χ1) is 14.2. The molecule has 1 aromatic carbocycles. The predicted octanol–water partition coefficient (Wildman–Crippen LogP) is 3.79. The number of nitrogens with zero attached hydrogens (tertiary/aromatic N) is 3. The number of carbonyl (C=O) groups is 1. The molecule has 7 heteroatoms. The van der Waals surface area contributed by atoms with Gasteiger partial charge in [-0.1, -0.05) is 12.1 Å². The van der Waals surface area contributed by atoms with Crippen molar-refractivity contribution in [1.29, 1.82) is 0 Å². The van der Waals surface area contributed by atoms with E-state index in [-0.39, 0.29) is 5.91 Å². The maximum absolute atomic E-state index is 12.6. The van der Waals surface area contributed by atoms with Crippen LogP contribution in [-0.2, 0) is 24.1 Å². The Morgan fingerprint density at radius 2 is 2.10 bits per heavy atom. The van der Waals surface area contributed by atoms with Crippen LogP contribution in [0.5, 0.6) is 0 Å². The minimum absolute atomic E-state index is 0.0560. The van der Waals surface area contributed by atoms with E-state index in [2.05, 4.69) is 26.3 Å². The van der Waals surface area contributed by atoms with Gasteiger partial charge in [0.1, 0.15) is 5.82 Å². The maximum Gasteiger partial charge on any atom is 0.240 e. The van der Waals surface area contributed by atoms with Crippen LogP contribution in [0.4, 0.5) is 5.13 Å². The monoisotopic (exact) mass is 409 g/mol. The lowest BCUT2D eigenvalue weighted by molar-refractivity contribution is -0.117. The van der Waals surface area contributed by atoms with E-state index < -0.39 is 0 Å². The summed E-state index contributed by atoms with van der Waals surface area (Å²) in [5.41, 5.74) is 3.32. The molecule has 3 aromatic rings. The molecule has 0 saturated carbocycles. The molecule has 2 aromatic heterocycles. The maximum atomic E-state index is 12.6. The Hall–Kier alpha value is -2.25. The molecular weight excluding hydrogens is 382 g/mol. The molecule has 6 nitrogen and oxygen atoms in total. The van der Waals surface area contributed by atoms with Gasteiger partial charge in [0.2, 0.25) is 5.91 Å². The van der Waals surface area contributed by atoms with Crippen molar-refractivity contribution in [2.45, 2.75) is 44.9 Å². The van der Waals surface area contributed by atoms with Gasteiger partial charge < -0.3 is 10.3 Å². The number of aryl methyl sites for hydroxylation is 2. The number of para-hydroxylation sites is 2. The normalized spacial score (nSPS) is 19.9. The van der Waals surface area contributed by atoms with E-state index in [1.807, 2.05) is 18.2 Å². The van der Waals surface area contributed by atoms with Gasteiger partial charge in [0, 0.05) is 17.8 Å². The van der Waals surface area contributed by atoms with Gasteiger partial charge in [-0.25, -0.2) is 9.97 Å². The van der Waals surface area contributed by atoms with Crippen LogP contribution in [0.1, 0.15) is 42.1 Å². The highest BCUT2D eigenvalue weighted by Gasteiger charge is 2.23. The van der Waals surface area contributed by atoms with Crippen molar-refractivity contribution in [3.8, 4) is 0 Å². The zero-order valence-electron chi connectivity index (χ0n) is 16.6. The molecule has 1 fully saturated rings. The highest BCUT2D eigenvalue weighted by Crippen LogP contribution is 2.29. The molecule has 0 bridgehead atoms. The Balaban J connectivity index is 1.16. The topological polar surface area (TPSA) is 73.9 Å². The van der Waals surface area contributed by atoms with Gasteiger partial charge in [0.25, 0.3) is 0 Å². The van der Waals surface area contributed by atoms with Crippen molar-refractivity contribution in [3.63, 3.8) is 0 Å². The summed E-state index contributed by atoms with van der Waals surface area (Å²) in [7, 11) is 0. The van der Waals surface area contributed by atoms with Crippen LogP contribution >= 0.6 is 11.3 Å². The van der Waals surface area contributed by atoms with E-state index in [9.17, 15) is 4.79 Å². The number of anilines is 1. The van der Waals surface area contributed by atoms with Crippen molar-refractivity contribution < 1.29 is 4.79 Å². The molecule has 0 unspecified atom stereocenters. The minimum atomic E-state index is 0.0560. The number of aromatic amines is 1.